The number of phenolic OH excluding ortho intramolecular Hbond substituents is 1. The van der Waals surface area contributed by atoms with Crippen molar-refractivity contribution in [3.05, 3.63) is 83.2 Å². The van der Waals surface area contributed by atoms with Crippen LogP contribution in [-0.4, -0.2) is 164 Å². The van der Waals surface area contributed by atoms with E-state index in [1.54, 1.807) is 23.5 Å². The Morgan fingerprint density at radius 2 is 1.67 bits per heavy atom. The number of para-hydroxylation sites is 1. The first-order chi connectivity index (χ1) is 34.0. The number of piperidine rings is 2. The summed E-state index contributed by atoms with van der Waals surface area (Å²) in [4.78, 5) is 45.4. The largest absolute Gasteiger partial charge is 0.507 e. The molecule has 0 bridgehead atoms. The number of aromatic nitrogens is 4. The molecule has 5 atom stereocenters. The molecule has 0 spiro atoms. The molecule has 372 valence electrons. The van der Waals surface area contributed by atoms with Crippen LogP contribution in [0.2, 0.25) is 0 Å². The Kier molecular flexibility index (Phi) is 14.4. The van der Waals surface area contributed by atoms with Crippen molar-refractivity contribution in [3.63, 3.8) is 0 Å². The molecular weight excluding hydrogens is 907 g/mol. The molecular formula is C52H67N11O6S. The van der Waals surface area contributed by atoms with Crippen molar-refractivity contribution in [1.29, 1.82) is 0 Å². The third kappa shape index (κ3) is 10.2. The zero-order chi connectivity index (χ0) is 48.5. The monoisotopic (exact) mass is 973 g/mol. The topological polar surface area (TPSA) is 189 Å². The molecule has 5 aliphatic heterocycles. The van der Waals surface area contributed by atoms with Crippen molar-refractivity contribution < 1.29 is 29.1 Å². The highest BCUT2D eigenvalue weighted by molar-refractivity contribution is 7.13. The van der Waals surface area contributed by atoms with E-state index in [1.165, 1.54) is 17.7 Å². The van der Waals surface area contributed by atoms with E-state index in [0.717, 1.165) is 105 Å². The van der Waals surface area contributed by atoms with Crippen LogP contribution in [0.4, 0.5) is 11.5 Å². The van der Waals surface area contributed by atoms with Gasteiger partial charge in [-0.2, -0.15) is 0 Å². The number of piperazine rings is 1. The second-order valence-corrected chi connectivity index (χ2v) is 21.1. The number of amides is 2. The standard InChI is InChI=1S/C52H67N11O6S/c1-32(2)48(52(67)63-30-40(64)25-44(63)51(66)55-33(3)35-9-11-36(12-10-35)49-34(4)54-31-70-49)46-27-47(58-69-46)68-24-23-59-17-13-37(14-18-59)60-19-15-38(16-20-60)61-21-22-62-39(29-61)28-53-50-43(62)26-42(56-57-50)41-7-5-6-8-45(41)65/h5-12,26-27,31-33,37-40,44,48,64-65H,13-25,28-30H2,1-4H3,(H,53,57)(H,55,66)/t33?,39-,40+,44-,48?/m0/s1. The summed E-state index contributed by atoms with van der Waals surface area (Å²) in [5.74, 6) is 0.323. The summed E-state index contributed by atoms with van der Waals surface area (Å²) in [5.41, 5.74) is 7.29. The van der Waals surface area contributed by atoms with Gasteiger partial charge in [0.1, 0.15) is 24.3 Å². The number of anilines is 2. The summed E-state index contributed by atoms with van der Waals surface area (Å²) in [6.45, 7) is 17.2. The van der Waals surface area contributed by atoms with Crippen molar-refractivity contribution in [3.8, 4) is 33.3 Å². The number of thiazole rings is 1. The van der Waals surface area contributed by atoms with Crippen molar-refractivity contribution in [2.45, 2.75) is 102 Å². The maximum absolute atomic E-state index is 14.2. The van der Waals surface area contributed by atoms with Gasteiger partial charge < -0.3 is 44.8 Å². The lowest BCUT2D eigenvalue weighted by atomic mass is 9.91. The average Bonchev–Trinajstić information content (AvgIpc) is 4.14. The predicted molar refractivity (Wildman–Crippen MR) is 269 cm³/mol. The summed E-state index contributed by atoms with van der Waals surface area (Å²) < 4.78 is 11.9. The molecule has 2 aromatic carbocycles. The van der Waals surface area contributed by atoms with Gasteiger partial charge in [-0.25, -0.2) is 4.98 Å². The number of fused-ring (bicyclic) bond motifs is 3. The number of hydrogen-bond donors (Lipinski definition) is 4. The van der Waals surface area contributed by atoms with Gasteiger partial charge in [-0.15, -0.1) is 21.5 Å². The number of rotatable bonds is 14. The Labute approximate surface area is 414 Å². The van der Waals surface area contributed by atoms with Gasteiger partial charge in [-0.3, -0.25) is 19.4 Å². The predicted octanol–water partition coefficient (Wildman–Crippen LogP) is 5.77. The molecule has 4 saturated heterocycles. The molecule has 3 aromatic heterocycles. The fourth-order valence-electron chi connectivity index (χ4n) is 11.5. The van der Waals surface area contributed by atoms with Crippen LogP contribution < -0.4 is 20.3 Å². The first kappa shape index (κ1) is 48.0. The molecule has 8 heterocycles. The third-order valence-corrected chi connectivity index (χ3v) is 16.4. The van der Waals surface area contributed by atoms with E-state index >= 15 is 0 Å². The molecule has 5 aromatic rings. The van der Waals surface area contributed by atoms with Gasteiger partial charge in [0.15, 0.2) is 11.6 Å². The molecule has 0 radical (unpaired) electrons. The number of hydrogen-bond acceptors (Lipinski definition) is 16. The van der Waals surface area contributed by atoms with Crippen LogP contribution in [0, 0.1) is 12.8 Å². The van der Waals surface area contributed by atoms with E-state index in [2.05, 4.69) is 56.6 Å². The Morgan fingerprint density at radius 1 is 0.914 bits per heavy atom. The molecule has 2 amide bonds. The Hall–Kier alpha value is -5.66. The zero-order valence-electron chi connectivity index (χ0n) is 40.7. The molecule has 70 heavy (non-hydrogen) atoms. The Balaban J connectivity index is 0.656. The lowest BCUT2D eigenvalue weighted by molar-refractivity contribution is -0.141. The Bertz CT molecular complexity index is 2590. The molecule has 18 heteroatoms. The first-order valence-electron chi connectivity index (χ1n) is 25.2. The maximum Gasteiger partial charge on any atom is 0.254 e. The van der Waals surface area contributed by atoms with Gasteiger partial charge in [0, 0.05) is 69.4 Å². The molecule has 4 fully saturated rings. The van der Waals surface area contributed by atoms with Crippen LogP contribution in [-0.2, 0) is 9.59 Å². The van der Waals surface area contributed by atoms with E-state index in [0.29, 0.717) is 47.6 Å². The van der Waals surface area contributed by atoms with Crippen molar-refractivity contribution in [1.82, 2.24) is 45.3 Å². The highest BCUT2D eigenvalue weighted by Gasteiger charge is 2.44. The number of aromatic hydroxyl groups is 1. The van der Waals surface area contributed by atoms with Crippen LogP contribution in [0.1, 0.15) is 81.9 Å². The second-order valence-electron chi connectivity index (χ2n) is 20.2. The molecule has 17 nitrogen and oxygen atoms in total. The number of aliphatic hydroxyl groups excluding tert-OH is 1. The molecule has 5 aliphatic rings. The fourth-order valence-corrected chi connectivity index (χ4v) is 12.3. The quantitative estimate of drug-likeness (QED) is 0.105. The molecule has 2 unspecified atom stereocenters. The minimum absolute atomic E-state index is 0.0681. The SMILES string of the molecule is Cc1ncsc1-c1ccc(C(C)NC(=O)[C@@H]2C[C@@H](O)CN2C(=O)C(c2cc(OCCN3CCC(N4CCC(N5CCN6c7cc(-c8ccccc8O)nnc7NC[C@H]6C5)CC4)CC3)no2)C(C)C)cc1. The fraction of sp³-hybridized carbons (Fsp3) is 0.538. The minimum Gasteiger partial charge on any atom is -0.507 e. The van der Waals surface area contributed by atoms with Gasteiger partial charge in [0.25, 0.3) is 5.88 Å². The first-order valence-corrected chi connectivity index (χ1v) is 26.1. The number of nitrogens with one attached hydrogen (secondary N) is 2. The minimum atomic E-state index is -0.814. The number of aryl methyl sites for hydroxylation is 1. The number of carbonyl (C=O) groups excluding carboxylic acids is 2. The number of nitrogens with zero attached hydrogens (tertiary/aromatic N) is 9. The number of ether oxygens (including phenoxy) is 1. The lowest BCUT2D eigenvalue weighted by Gasteiger charge is -2.50. The normalized spacial score (nSPS) is 22.6. The highest BCUT2D eigenvalue weighted by atomic mass is 32.1. The summed E-state index contributed by atoms with van der Waals surface area (Å²) in [6.07, 6.45) is 4.01. The lowest BCUT2D eigenvalue weighted by Crippen LogP contribution is -2.61. The number of carbonyl (C=O) groups is 2. The van der Waals surface area contributed by atoms with Gasteiger partial charge in [-0.1, -0.05) is 50.2 Å². The van der Waals surface area contributed by atoms with Crippen molar-refractivity contribution >= 4 is 34.7 Å². The molecule has 4 N–H and O–H groups in total. The average molecular weight is 974 g/mol. The van der Waals surface area contributed by atoms with Gasteiger partial charge in [-0.05, 0) is 106 Å². The summed E-state index contributed by atoms with van der Waals surface area (Å²) in [6, 6.07) is 19.6. The Morgan fingerprint density at radius 3 is 2.41 bits per heavy atom. The summed E-state index contributed by atoms with van der Waals surface area (Å²) in [5, 5.41) is 40.9. The second kappa shape index (κ2) is 21.0. The number of likely N-dealkylation sites (tertiary alicyclic amines) is 3. The van der Waals surface area contributed by atoms with Gasteiger partial charge >= 0.3 is 0 Å². The van der Waals surface area contributed by atoms with Crippen LogP contribution in [0.25, 0.3) is 21.7 Å². The smallest absolute Gasteiger partial charge is 0.254 e. The van der Waals surface area contributed by atoms with Crippen LogP contribution in [0.3, 0.4) is 0 Å². The third-order valence-electron chi connectivity index (χ3n) is 15.4. The highest BCUT2D eigenvalue weighted by Crippen LogP contribution is 2.38. The van der Waals surface area contributed by atoms with Crippen LogP contribution in [0.5, 0.6) is 11.6 Å². The van der Waals surface area contributed by atoms with Crippen molar-refractivity contribution in [2.24, 2.45) is 5.92 Å². The molecule has 0 aliphatic carbocycles. The van der Waals surface area contributed by atoms with Crippen LogP contribution in [0.15, 0.2) is 70.7 Å². The van der Waals surface area contributed by atoms with E-state index in [9.17, 15) is 19.8 Å². The summed E-state index contributed by atoms with van der Waals surface area (Å²) >= 11 is 1.60. The molecule has 0 saturated carbocycles. The van der Waals surface area contributed by atoms with E-state index < -0.39 is 18.1 Å². The van der Waals surface area contributed by atoms with Gasteiger partial charge in [0.2, 0.25) is 11.8 Å². The van der Waals surface area contributed by atoms with E-state index in [1.807, 2.05) is 75.7 Å². The van der Waals surface area contributed by atoms with Gasteiger partial charge in [0.05, 0.1) is 45.7 Å². The molecule has 10 rings (SSSR count). The number of β-amino-alcohol motifs (C(OH)–C–C–N with tert-alkyl or cyclic N) is 1. The number of phenols is 1. The summed E-state index contributed by atoms with van der Waals surface area (Å²) in [7, 11) is 0. The number of aliphatic hydroxyl groups is 1. The van der Waals surface area contributed by atoms with Crippen LogP contribution >= 0.6 is 11.3 Å². The van der Waals surface area contributed by atoms with E-state index in [4.69, 9.17) is 9.26 Å². The zero-order valence-corrected chi connectivity index (χ0v) is 41.6. The number of benzene rings is 2. The maximum atomic E-state index is 14.2. The van der Waals surface area contributed by atoms with E-state index in [-0.39, 0.29) is 42.5 Å². The van der Waals surface area contributed by atoms with Crippen molar-refractivity contribution in [2.75, 3.05) is 82.3 Å².